The summed E-state index contributed by atoms with van der Waals surface area (Å²) < 4.78 is 0. The van der Waals surface area contributed by atoms with Gasteiger partial charge in [0.05, 0.1) is 6.54 Å². The zero-order chi connectivity index (χ0) is 17.1. The zero-order valence-electron chi connectivity index (χ0n) is 15.3. The average molecular weight is 319 g/mol. The van der Waals surface area contributed by atoms with Gasteiger partial charge in [-0.2, -0.15) is 0 Å². The maximum Gasteiger partial charge on any atom is 0.191 e. The summed E-state index contributed by atoms with van der Waals surface area (Å²) in [5.41, 5.74) is 1.24. The van der Waals surface area contributed by atoms with Crippen LogP contribution in [0.25, 0.3) is 0 Å². The molecule has 1 aromatic heterocycles. The quantitative estimate of drug-likeness (QED) is 0.542. The predicted molar refractivity (Wildman–Crippen MR) is 98.9 cm³/mol. The van der Waals surface area contributed by atoms with Crippen molar-refractivity contribution in [3.05, 3.63) is 30.1 Å². The van der Waals surface area contributed by atoms with Crippen LogP contribution in [0.3, 0.4) is 0 Å². The molecule has 0 aromatic carbocycles. The molecule has 2 N–H and O–H groups in total. The Kier molecular flexibility index (Phi) is 9.29. The normalized spacial score (nSPS) is 12.3. The van der Waals surface area contributed by atoms with Crippen molar-refractivity contribution in [1.29, 1.82) is 0 Å². The number of pyridine rings is 1. The Balaban J connectivity index is 2.43. The lowest BCUT2D eigenvalue weighted by Gasteiger charge is -2.29. The van der Waals surface area contributed by atoms with Crippen molar-refractivity contribution < 1.29 is 0 Å². The molecule has 1 heterocycles. The van der Waals surface area contributed by atoms with E-state index >= 15 is 0 Å². The van der Waals surface area contributed by atoms with Crippen LogP contribution in [0.5, 0.6) is 0 Å². The van der Waals surface area contributed by atoms with Crippen molar-refractivity contribution in [3.8, 4) is 0 Å². The van der Waals surface area contributed by atoms with E-state index in [0.29, 0.717) is 12.1 Å². The number of aromatic nitrogens is 1. The second-order valence-corrected chi connectivity index (χ2v) is 6.22. The summed E-state index contributed by atoms with van der Waals surface area (Å²) >= 11 is 0. The van der Waals surface area contributed by atoms with Gasteiger partial charge in [0.2, 0.25) is 0 Å². The topological polar surface area (TPSA) is 52.6 Å². The highest BCUT2D eigenvalue weighted by Crippen LogP contribution is 2.03. The largest absolute Gasteiger partial charge is 0.357 e. The fourth-order valence-corrected chi connectivity index (χ4v) is 2.60. The highest BCUT2D eigenvalue weighted by Gasteiger charge is 2.12. The molecule has 5 heteroatoms. The molecule has 23 heavy (non-hydrogen) atoms. The van der Waals surface area contributed by atoms with Crippen molar-refractivity contribution >= 4 is 5.96 Å². The Bertz CT molecular complexity index is 434. The number of hydrogen-bond donors (Lipinski definition) is 2. The lowest BCUT2D eigenvalue weighted by atomic mass is 10.2. The van der Waals surface area contributed by atoms with Crippen molar-refractivity contribution in [2.45, 2.75) is 53.1 Å². The molecule has 0 aliphatic carbocycles. The van der Waals surface area contributed by atoms with Gasteiger partial charge in [-0.15, -0.1) is 0 Å². The third-order valence-corrected chi connectivity index (χ3v) is 3.73. The molecule has 0 saturated carbocycles. The van der Waals surface area contributed by atoms with Crippen molar-refractivity contribution in [2.24, 2.45) is 4.99 Å². The van der Waals surface area contributed by atoms with Crippen LogP contribution >= 0.6 is 0 Å². The van der Waals surface area contributed by atoms with Crippen LogP contribution in [0, 0.1) is 0 Å². The first-order chi connectivity index (χ1) is 11.0. The Morgan fingerprint density at radius 2 is 1.96 bits per heavy atom. The smallest absolute Gasteiger partial charge is 0.191 e. The van der Waals surface area contributed by atoms with Gasteiger partial charge in [-0.1, -0.05) is 6.07 Å². The minimum Gasteiger partial charge on any atom is -0.357 e. The summed E-state index contributed by atoms with van der Waals surface area (Å²) in [6.07, 6.45) is 4.66. The van der Waals surface area contributed by atoms with Gasteiger partial charge in [-0.25, -0.2) is 0 Å². The maximum atomic E-state index is 4.69. The first-order valence-corrected chi connectivity index (χ1v) is 8.71. The van der Waals surface area contributed by atoms with Crippen LogP contribution in [-0.2, 0) is 6.42 Å². The molecule has 5 nitrogen and oxygen atoms in total. The van der Waals surface area contributed by atoms with Gasteiger partial charge in [0, 0.05) is 44.1 Å². The fourth-order valence-electron chi connectivity index (χ4n) is 2.60. The van der Waals surface area contributed by atoms with E-state index in [1.54, 1.807) is 6.20 Å². The Morgan fingerprint density at radius 3 is 2.52 bits per heavy atom. The molecule has 0 atom stereocenters. The van der Waals surface area contributed by atoms with E-state index in [0.717, 1.165) is 38.6 Å². The molecular formula is C18H33N5. The van der Waals surface area contributed by atoms with Gasteiger partial charge in [-0.05, 0) is 52.7 Å². The summed E-state index contributed by atoms with van der Waals surface area (Å²) in [4.78, 5) is 11.3. The van der Waals surface area contributed by atoms with Crippen LogP contribution in [0.15, 0.2) is 29.5 Å². The Hall–Kier alpha value is -1.62. The minimum atomic E-state index is 0.548. The van der Waals surface area contributed by atoms with Gasteiger partial charge in [0.25, 0.3) is 0 Å². The van der Waals surface area contributed by atoms with Crippen LogP contribution in [0.4, 0.5) is 0 Å². The fraction of sp³-hybridized carbons (Fsp3) is 0.667. The van der Waals surface area contributed by atoms with Crippen molar-refractivity contribution in [1.82, 2.24) is 20.5 Å². The standard InChI is InChI=1S/C18H33N5/c1-6-20-18(21-11-9-17-8-7-10-19-14-17)22-12-13-23(15(2)3)16(4)5/h7-8,10,14-16H,6,9,11-13H2,1-5H3,(H2,20,21,22). The van der Waals surface area contributed by atoms with Crippen molar-refractivity contribution in [3.63, 3.8) is 0 Å². The highest BCUT2D eigenvalue weighted by molar-refractivity contribution is 5.79. The number of guanidine groups is 1. The summed E-state index contributed by atoms with van der Waals surface area (Å²) in [5.74, 6) is 0.892. The van der Waals surface area contributed by atoms with E-state index in [2.05, 4.69) is 66.2 Å². The SMILES string of the molecule is CCNC(=NCCN(C(C)C)C(C)C)NCCc1cccnc1. The molecule has 0 spiro atoms. The van der Waals surface area contributed by atoms with Crippen LogP contribution in [0.1, 0.15) is 40.2 Å². The Morgan fingerprint density at radius 1 is 1.22 bits per heavy atom. The number of hydrogen-bond acceptors (Lipinski definition) is 3. The van der Waals surface area contributed by atoms with E-state index in [9.17, 15) is 0 Å². The predicted octanol–water partition coefficient (Wildman–Crippen LogP) is 2.30. The van der Waals surface area contributed by atoms with Gasteiger partial charge in [-0.3, -0.25) is 14.9 Å². The highest BCUT2D eigenvalue weighted by atomic mass is 15.2. The lowest BCUT2D eigenvalue weighted by molar-refractivity contribution is 0.181. The van der Waals surface area contributed by atoms with E-state index in [-0.39, 0.29) is 0 Å². The van der Waals surface area contributed by atoms with E-state index in [1.807, 2.05) is 12.3 Å². The summed E-state index contributed by atoms with van der Waals surface area (Å²) in [5, 5.41) is 6.70. The monoisotopic (exact) mass is 319 g/mol. The third kappa shape index (κ3) is 7.98. The molecule has 0 unspecified atom stereocenters. The van der Waals surface area contributed by atoms with Gasteiger partial charge in [0.15, 0.2) is 5.96 Å². The van der Waals surface area contributed by atoms with Crippen molar-refractivity contribution in [2.75, 3.05) is 26.2 Å². The molecule has 0 fully saturated rings. The molecule has 0 aliphatic rings. The van der Waals surface area contributed by atoms with Gasteiger partial charge in [0.1, 0.15) is 0 Å². The molecule has 0 aliphatic heterocycles. The second-order valence-electron chi connectivity index (χ2n) is 6.22. The van der Waals surface area contributed by atoms with Gasteiger partial charge >= 0.3 is 0 Å². The first kappa shape index (κ1) is 19.4. The van der Waals surface area contributed by atoms with Crippen LogP contribution in [0.2, 0.25) is 0 Å². The van der Waals surface area contributed by atoms with E-state index in [1.165, 1.54) is 5.56 Å². The van der Waals surface area contributed by atoms with Crippen LogP contribution in [-0.4, -0.2) is 54.1 Å². The zero-order valence-corrected chi connectivity index (χ0v) is 15.3. The second kappa shape index (κ2) is 11.0. The third-order valence-electron chi connectivity index (χ3n) is 3.73. The molecule has 0 bridgehead atoms. The molecule has 1 rings (SSSR count). The molecule has 1 aromatic rings. The number of nitrogens with one attached hydrogen (secondary N) is 2. The summed E-state index contributed by atoms with van der Waals surface area (Å²) in [6.45, 7) is 14.6. The molecule has 0 amide bonds. The maximum absolute atomic E-state index is 4.69. The average Bonchev–Trinajstić information content (AvgIpc) is 2.51. The Labute approximate surface area is 141 Å². The lowest BCUT2D eigenvalue weighted by Crippen LogP contribution is -2.41. The number of aliphatic imine (C=N–C) groups is 1. The van der Waals surface area contributed by atoms with E-state index < -0.39 is 0 Å². The first-order valence-electron chi connectivity index (χ1n) is 8.71. The van der Waals surface area contributed by atoms with E-state index in [4.69, 9.17) is 0 Å². The molecule has 0 saturated heterocycles. The van der Waals surface area contributed by atoms with Crippen LogP contribution < -0.4 is 10.6 Å². The number of nitrogens with zero attached hydrogens (tertiary/aromatic N) is 3. The molecule has 130 valence electrons. The summed E-state index contributed by atoms with van der Waals surface area (Å²) in [7, 11) is 0. The molecular weight excluding hydrogens is 286 g/mol. The molecule has 0 radical (unpaired) electrons. The van der Waals surface area contributed by atoms with Gasteiger partial charge < -0.3 is 10.6 Å². The number of rotatable bonds is 9. The minimum absolute atomic E-state index is 0.548. The summed E-state index contributed by atoms with van der Waals surface area (Å²) in [6, 6.07) is 5.17.